The molecule has 4 rings (SSSR count). The van der Waals surface area contributed by atoms with Crippen LogP contribution >= 0.6 is 11.3 Å². The van der Waals surface area contributed by atoms with Crippen LogP contribution in [-0.2, 0) is 16.1 Å². The second-order valence-electron chi connectivity index (χ2n) is 9.52. The predicted molar refractivity (Wildman–Crippen MR) is 120 cm³/mol. The SMILES string of the molecule is Cc1nc(CN2C(=O)CCC23CCCN(CC2CCCCC2)CC3)cs1.O=C(O)C(F)(F)F. The van der Waals surface area contributed by atoms with Gasteiger partial charge in [-0.05, 0) is 57.9 Å². The first-order valence-corrected chi connectivity index (χ1v) is 12.7. The van der Waals surface area contributed by atoms with Crippen molar-refractivity contribution in [3.05, 3.63) is 16.1 Å². The molecule has 3 aliphatic rings. The van der Waals surface area contributed by atoms with Crippen LogP contribution in [0.1, 0.15) is 74.9 Å². The Balaban J connectivity index is 0.000000383. The molecule has 2 saturated heterocycles. The van der Waals surface area contributed by atoms with Crippen molar-refractivity contribution in [1.82, 2.24) is 14.8 Å². The molecular formula is C23H34F3N3O3S. The Hall–Kier alpha value is -1.68. The van der Waals surface area contributed by atoms with Crippen LogP contribution in [0.3, 0.4) is 0 Å². The molecule has 1 unspecified atom stereocenters. The largest absolute Gasteiger partial charge is 0.490 e. The molecule has 1 aromatic rings. The summed E-state index contributed by atoms with van der Waals surface area (Å²) in [5.74, 6) is -1.50. The summed E-state index contributed by atoms with van der Waals surface area (Å²) < 4.78 is 31.7. The Bertz CT molecular complexity index is 810. The van der Waals surface area contributed by atoms with E-state index in [9.17, 15) is 18.0 Å². The van der Waals surface area contributed by atoms with Crippen molar-refractivity contribution in [3.63, 3.8) is 0 Å². The summed E-state index contributed by atoms with van der Waals surface area (Å²) in [6.45, 7) is 6.43. The number of carbonyl (C=O) groups is 2. The fourth-order valence-corrected chi connectivity index (χ4v) is 6.05. The van der Waals surface area contributed by atoms with Crippen molar-refractivity contribution >= 4 is 23.2 Å². The Labute approximate surface area is 197 Å². The molecule has 0 bridgehead atoms. The van der Waals surface area contributed by atoms with Crippen molar-refractivity contribution in [2.75, 3.05) is 19.6 Å². The molecule has 186 valence electrons. The fraction of sp³-hybridized carbons (Fsp3) is 0.783. The van der Waals surface area contributed by atoms with Crippen molar-refractivity contribution in [1.29, 1.82) is 0 Å². The molecule has 0 aromatic carbocycles. The summed E-state index contributed by atoms with van der Waals surface area (Å²) in [4.78, 5) is 31.1. The average molecular weight is 490 g/mol. The minimum atomic E-state index is -5.08. The van der Waals surface area contributed by atoms with Gasteiger partial charge in [0, 0.05) is 30.4 Å². The number of hydrogen-bond acceptors (Lipinski definition) is 5. The minimum Gasteiger partial charge on any atom is -0.475 e. The van der Waals surface area contributed by atoms with Gasteiger partial charge >= 0.3 is 12.1 Å². The molecule has 6 nitrogen and oxygen atoms in total. The Morgan fingerprint density at radius 2 is 1.88 bits per heavy atom. The molecule has 2 aliphatic heterocycles. The van der Waals surface area contributed by atoms with Gasteiger partial charge in [0.15, 0.2) is 0 Å². The number of hydrogen-bond donors (Lipinski definition) is 1. The quantitative estimate of drug-likeness (QED) is 0.644. The lowest BCUT2D eigenvalue weighted by Crippen LogP contribution is -2.46. The van der Waals surface area contributed by atoms with Crippen molar-refractivity contribution < 1.29 is 27.9 Å². The smallest absolute Gasteiger partial charge is 0.475 e. The number of carbonyl (C=O) groups excluding carboxylic acids is 1. The molecule has 1 aromatic heterocycles. The maximum atomic E-state index is 12.7. The first kappa shape index (κ1) is 25.9. The maximum Gasteiger partial charge on any atom is 0.490 e. The summed E-state index contributed by atoms with van der Waals surface area (Å²) in [5.41, 5.74) is 1.17. The molecule has 0 radical (unpaired) electrons. The van der Waals surface area contributed by atoms with Crippen LogP contribution in [-0.4, -0.2) is 63.1 Å². The number of aryl methyl sites for hydroxylation is 1. The summed E-state index contributed by atoms with van der Waals surface area (Å²) in [6.07, 6.45) is 7.38. The number of carboxylic acids is 1. The van der Waals surface area contributed by atoms with Gasteiger partial charge in [-0.25, -0.2) is 9.78 Å². The van der Waals surface area contributed by atoms with Gasteiger partial charge in [-0.3, -0.25) is 4.79 Å². The molecular weight excluding hydrogens is 455 g/mol. The van der Waals surface area contributed by atoms with E-state index in [4.69, 9.17) is 9.90 Å². The van der Waals surface area contributed by atoms with Crippen LogP contribution in [0.5, 0.6) is 0 Å². The third-order valence-corrected chi connectivity index (χ3v) is 7.98. The maximum absolute atomic E-state index is 12.7. The fourth-order valence-electron chi connectivity index (χ4n) is 5.44. The topological polar surface area (TPSA) is 73.7 Å². The molecule has 1 atom stereocenters. The van der Waals surface area contributed by atoms with Crippen LogP contribution in [0.2, 0.25) is 0 Å². The normalized spacial score (nSPS) is 25.1. The van der Waals surface area contributed by atoms with Gasteiger partial charge in [0.1, 0.15) is 0 Å². The monoisotopic (exact) mass is 489 g/mol. The lowest BCUT2D eigenvalue weighted by atomic mass is 9.87. The van der Waals surface area contributed by atoms with Crippen molar-refractivity contribution in [2.24, 2.45) is 5.92 Å². The lowest BCUT2D eigenvalue weighted by molar-refractivity contribution is -0.192. The van der Waals surface area contributed by atoms with Crippen molar-refractivity contribution in [2.45, 2.75) is 89.4 Å². The molecule has 1 aliphatic carbocycles. The zero-order chi connectivity index (χ0) is 24.1. The number of aromatic nitrogens is 1. The second-order valence-corrected chi connectivity index (χ2v) is 10.6. The van der Waals surface area contributed by atoms with Gasteiger partial charge in [0.2, 0.25) is 5.91 Å². The first-order valence-electron chi connectivity index (χ1n) is 11.8. The van der Waals surface area contributed by atoms with Gasteiger partial charge in [-0.1, -0.05) is 19.3 Å². The van der Waals surface area contributed by atoms with Gasteiger partial charge < -0.3 is 14.9 Å². The van der Waals surface area contributed by atoms with E-state index in [-0.39, 0.29) is 5.54 Å². The molecule has 1 N–H and O–H groups in total. The predicted octanol–water partition coefficient (Wildman–Crippen LogP) is 5.01. The molecule has 1 amide bonds. The molecule has 3 heterocycles. The third kappa shape index (κ3) is 7.15. The molecule has 3 fully saturated rings. The standard InChI is InChI=1S/C21H33N3OS.C2HF3O2/c1-17-22-19(16-26-17)15-24-20(25)8-10-21(24)9-5-12-23(13-11-21)14-18-6-3-2-4-7-18;3-2(4,5)1(6)7/h16,18H,2-15H2,1H3;(H,6,7). The van der Waals surface area contributed by atoms with Gasteiger partial charge in [-0.2, -0.15) is 13.2 Å². The Morgan fingerprint density at radius 3 is 2.48 bits per heavy atom. The summed E-state index contributed by atoms with van der Waals surface area (Å²) in [7, 11) is 0. The number of alkyl halides is 3. The number of thiazole rings is 1. The van der Waals surface area contributed by atoms with E-state index in [2.05, 4.69) is 20.2 Å². The molecule has 1 spiro atoms. The molecule has 10 heteroatoms. The van der Waals surface area contributed by atoms with Gasteiger partial charge in [0.05, 0.1) is 17.2 Å². The summed E-state index contributed by atoms with van der Waals surface area (Å²) in [5, 5.41) is 10.3. The molecule has 1 saturated carbocycles. The van der Waals surface area contributed by atoms with Gasteiger partial charge in [-0.15, -0.1) is 11.3 Å². The first-order chi connectivity index (χ1) is 15.6. The highest BCUT2D eigenvalue weighted by atomic mass is 32.1. The van der Waals surface area contributed by atoms with Gasteiger partial charge in [0.25, 0.3) is 0 Å². The van der Waals surface area contributed by atoms with E-state index in [1.54, 1.807) is 11.3 Å². The van der Waals surface area contributed by atoms with E-state index in [1.165, 1.54) is 58.0 Å². The highest BCUT2D eigenvalue weighted by molar-refractivity contribution is 7.09. The van der Waals surface area contributed by atoms with E-state index in [1.807, 2.05) is 6.92 Å². The Morgan fingerprint density at radius 1 is 1.18 bits per heavy atom. The highest BCUT2D eigenvalue weighted by Crippen LogP contribution is 2.40. The number of rotatable bonds is 4. The number of amides is 1. The summed E-state index contributed by atoms with van der Waals surface area (Å²) in [6, 6.07) is 0. The minimum absolute atomic E-state index is 0.0932. The number of halogens is 3. The van der Waals surface area contributed by atoms with E-state index < -0.39 is 12.1 Å². The Kier molecular flexibility index (Phi) is 8.77. The van der Waals surface area contributed by atoms with Crippen LogP contribution in [0, 0.1) is 12.8 Å². The van der Waals surface area contributed by atoms with Crippen molar-refractivity contribution in [3.8, 4) is 0 Å². The number of nitrogens with zero attached hydrogens (tertiary/aromatic N) is 3. The highest BCUT2D eigenvalue weighted by Gasteiger charge is 2.45. The van der Waals surface area contributed by atoms with Crippen LogP contribution in [0.25, 0.3) is 0 Å². The average Bonchev–Trinajstić information content (AvgIpc) is 3.23. The number of likely N-dealkylation sites (tertiary alicyclic amines) is 2. The zero-order valence-electron chi connectivity index (χ0n) is 19.2. The number of aliphatic carboxylic acids is 1. The second kappa shape index (κ2) is 11.2. The van der Waals surface area contributed by atoms with E-state index in [0.717, 1.165) is 42.4 Å². The van der Waals surface area contributed by atoms with Crippen LogP contribution < -0.4 is 0 Å². The van der Waals surface area contributed by atoms with Crippen LogP contribution in [0.4, 0.5) is 13.2 Å². The lowest BCUT2D eigenvalue weighted by Gasteiger charge is -2.38. The third-order valence-electron chi connectivity index (χ3n) is 7.16. The summed E-state index contributed by atoms with van der Waals surface area (Å²) >= 11 is 1.69. The van der Waals surface area contributed by atoms with E-state index in [0.29, 0.717) is 12.5 Å². The van der Waals surface area contributed by atoms with Crippen LogP contribution in [0.15, 0.2) is 5.38 Å². The zero-order valence-corrected chi connectivity index (χ0v) is 20.0. The number of carboxylic acid groups (broad SMARTS) is 1. The molecule has 33 heavy (non-hydrogen) atoms. The van der Waals surface area contributed by atoms with E-state index >= 15 is 0 Å².